The van der Waals surface area contributed by atoms with Crippen LogP contribution in [0, 0.1) is 0 Å². The van der Waals surface area contributed by atoms with Crippen molar-refractivity contribution in [1.82, 2.24) is 4.90 Å². The van der Waals surface area contributed by atoms with Crippen molar-refractivity contribution < 1.29 is 76.1 Å². The van der Waals surface area contributed by atoms with Crippen LogP contribution in [0.4, 0.5) is 61.5 Å². The van der Waals surface area contributed by atoms with Gasteiger partial charge in [0.25, 0.3) is 0 Å². The standard InChI is InChI=1S/C8HF14NO3/c9-2(10,1(24)25)23-7(19,20)3(11,5(13,14)15)26-4(12,6(16,17)18)8(23,21)22/h(H,24,25). The molecule has 1 heterocycles. The number of carboxylic acid groups (broad SMARTS) is 1. The highest BCUT2D eigenvalue weighted by molar-refractivity contribution is 5.75. The largest absolute Gasteiger partial charge is 0.476 e. The monoisotopic (exact) mass is 425 g/mol. The van der Waals surface area contributed by atoms with Gasteiger partial charge in [0.05, 0.1) is 0 Å². The summed E-state index contributed by atoms with van der Waals surface area (Å²) in [5.74, 6) is -19.1. The molecular formula is C8HF14NO3. The molecule has 0 saturated carbocycles. The van der Waals surface area contributed by atoms with E-state index in [-0.39, 0.29) is 0 Å². The molecule has 0 bridgehead atoms. The van der Waals surface area contributed by atoms with Crippen molar-refractivity contribution in [2.24, 2.45) is 0 Å². The van der Waals surface area contributed by atoms with E-state index in [1.54, 1.807) is 4.74 Å². The molecule has 2 atom stereocenters. The molecule has 2 unspecified atom stereocenters. The van der Waals surface area contributed by atoms with Gasteiger partial charge >= 0.3 is 48.2 Å². The fourth-order valence-electron chi connectivity index (χ4n) is 1.69. The van der Waals surface area contributed by atoms with E-state index in [0.29, 0.717) is 0 Å². The molecular weight excluding hydrogens is 424 g/mol. The van der Waals surface area contributed by atoms with Gasteiger partial charge in [-0.1, -0.05) is 4.90 Å². The third kappa shape index (κ3) is 2.48. The van der Waals surface area contributed by atoms with E-state index in [1.807, 2.05) is 0 Å². The van der Waals surface area contributed by atoms with Crippen LogP contribution >= 0.6 is 0 Å². The molecule has 4 nitrogen and oxygen atoms in total. The summed E-state index contributed by atoms with van der Waals surface area (Å²) in [7, 11) is 0. The number of carboxylic acids is 1. The molecule has 26 heavy (non-hydrogen) atoms. The topological polar surface area (TPSA) is 49.8 Å². The highest BCUT2D eigenvalue weighted by Gasteiger charge is 2.95. The second kappa shape index (κ2) is 5.23. The summed E-state index contributed by atoms with van der Waals surface area (Å²) in [6, 6.07) is -22.1. The number of morpholine rings is 1. The molecule has 1 rings (SSSR count). The molecule has 154 valence electrons. The van der Waals surface area contributed by atoms with E-state index in [0.717, 1.165) is 0 Å². The predicted octanol–water partition coefficient (Wildman–Crippen LogP) is 3.64. The van der Waals surface area contributed by atoms with Crippen molar-refractivity contribution in [2.75, 3.05) is 0 Å². The normalized spacial score (nSPS) is 33.2. The van der Waals surface area contributed by atoms with Gasteiger partial charge in [0.2, 0.25) is 0 Å². The number of hydrogen-bond donors (Lipinski definition) is 1. The van der Waals surface area contributed by atoms with E-state index < -0.39 is 53.1 Å². The number of hydrogen-bond acceptors (Lipinski definition) is 3. The third-order valence-electron chi connectivity index (χ3n) is 2.88. The Morgan fingerprint density at radius 3 is 1.19 bits per heavy atom. The zero-order valence-electron chi connectivity index (χ0n) is 11.0. The third-order valence-corrected chi connectivity index (χ3v) is 2.88. The van der Waals surface area contributed by atoms with Crippen molar-refractivity contribution >= 4 is 5.97 Å². The van der Waals surface area contributed by atoms with Gasteiger partial charge in [-0.2, -0.15) is 61.5 Å². The first kappa shape index (κ1) is 22.5. The number of aliphatic carboxylic acids is 1. The van der Waals surface area contributed by atoms with Gasteiger partial charge in [0.15, 0.2) is 0 Å². The van der Waals surface area contributed by atoms with E-state index >= 15 is 0 Å². The molecule has 0 aliphatic carbocycles. The minimum absolute atomic E-state index is 1.67. The van der Waals surface area contributed by atoms with Crippen LogP contribution in [0.2, 0.25) is 0 Å². The highest BCUT2D eigenvalue weighted by atomic mass is 19.4. The first-order valence-corrected chi connectivity index (χ1v) is 5.40. The number of ether oxygens (including phenoxy) is 1. The highest BCUT2D eigenvalue weighted by Crippen LogP contribution is 2.64. The van der Waals surface area contributed by atoms with Gasteiger partial charge in [-0.25, -0.2) is 4.79 Å². The van der Waals surface area contributed by atoms with Crippen LogP contribution in [0.5, 0.6) is 0 Å². The molecule has 0 amide bonds. The Balaban J connectivity index is 3.99. The van der Waals surface area contributed by atoms with Crippen molar-refractivity contribution in [3.05, 3.63) is 0 Å². The maximum Gasteiger partial charge on any atom is 0.456 e. The molecule has 1 aliphatic heterocycles. The SMILES string of the molecule is O=C(O)C(F)(F)N1C(F)(F)C(F)(C(F)(F)F)OC(F)(C(F)(F)F)C1(F)F. The molecule has 1 fully saturated rings. The molecule has 1 N–H and O–H groups in total. The number of rotatable bonds is 2. The van der Waals surface area contributed by atoms with Gasteiger partial charge in [-0.3, -0.25) is 4.74 Å². The van der Waals surface area contributed by atoms with Gasteiger partial charge < -0.3 is 5.11 Å². The second-order valence-electron chi connectivity index (χ2n) is 4.55. The molecule has 0 spiro atoms. The zero-order chi connectivity index (χ0) is 21.4. The molecule has 1 saturated heterocycles. The maximum absolute atomic E-state index is 13.5. The minimum Gasteiger partial charge on any atom is -0.476 e. The van der Waals surface area contributed by atoms with Crippen LogP contribution in [-0.4, -0.2) is 58.2 Å². The Bertz CT molecular complexity index is 560. The van der Waals surface area contributed by atoms with Crippen molar-refractivity contribution in [3.8, 4) is 0 Å². The van der Waals surface area contributed by atoms with Crippen LogP contribution in [0.1, 0.15) is 0 Å². The number of halogens is 14. The summed E-state index contributed by atoms with van der Waals surface area (Å²) < 4.78 is 183. The lowest BCUT2D eigenvalue weighted by Crippen LogP contribution is -2.85. The Kier molecular flexibility index (Phi) is 4.52. The predicted molar refractivity (Wildman–Crippen MR) is 45.2 cm³/mol. The minimum atomic E-state index is -7.54. The Morgan fingerprint density at radius 2 is 1.00 bits per heavy atom. The summed E-state index contributed by atoms with van der Waals surface area (Å²) in [5.41, 5.74) is 0. The molecule has 18 heteroatoms. The smallest absolute Gasteiger partial charge is 0.456 e. The lowest BCUT2D eigenvalue weighted by atomic mass is 10.0. The van der Waals surface area contributed by atoms with Gasteiger partial charge in [0.1, 0.15) is 0 Å². The van der Waals surface area contributed by atoms with Crippen LogP contribution in [-0.2, 0) is 9.53 Å². The zero-order valence-corrected chi connectivity index (χ0v) is 11.0. The average molecular weight is 425 g/mol. The second-order valence-corrected chi connectivity index (χ2v) is 4.55. The first-order chi connectivity index (χ1) is 11.0. The summed E-state index contributed by atoms with van der Waals surface area (Å²) in [5, 5.41) is 7.90. The number of nitrogens with zero attached hydrogens (tertiary/aromatic N) is 1. The lowest BCUT2D eigenvalue weighted by Gasteiger charge is -2.53. The molecule has 0 aromatic rings. The number of alkyl halides is 14. The first-order valence-electron chi connectivity index (χ1n) is 5.40. The van der Waals surface area contributed by atoms with Crippen molar-refractivity contribution in [1.29, 1.82) is 0 Å². The fraction of sp³-hybridized carbons (Fsp3) is 0.875. The summed E-state index contributed by atoms with van der Waals surface area (Å²) >= 11 is 0. The molecule has 0 radical (unpaired) electrons. The van der Waals surface area contributed by atoms with Gasteiger partial charge in [-0.05, 0) is 0 Å². The van der Waals surface area contributed by atoms with Gasteiger partial charge in [0, 0.05) is 0 Å². The van der Waals surface area contributed by atoms with E-state index in [9.17, 15) is 66.3 Å². The molecule has 0 aromatic heterocycles. The Hall–Kier alpha value is -1.59. The quantitative estimate of drug-likeness (QED) is 0.543. The molecule has 0 aromatic carbocycles. The average Bonchev–Trinajstić information content (AvgIpc) is 2.32. The van der Waals surface area contributed by atoms with Crippen LogP contribution in [0.15, 0.2) is 0 Å². The lowest BCUT2D eigenvalue weighted by molar-refractivity contribution is -0.592. The number of carbonyl (C=O) groups is 1. The van der Waals surface area contributed by atoms with E-state index in [4.69, 9.17) is 5.11 Å². The van der Waals surface area contributed by atoms with Crippen LogP contribution in [0.3, 0.4) is 0 Å². The summed E-state index contributed by atoms with van der Waals surface area (Å²) in [4.78, 5) is 6.12. The van der Waals surface area contributed by atoms with Crippen molar-refractivity contribution in [2.45, 2.75) is 42.2 Å². The van der Waals surface area contributed by atoms with Crippen molar-refractivity contribution in [3.63, 3.8) is 0 Å². The summed E-state index contributed by atoms with van der Waals surface area (Å²) in [6.45, 7) is 0. The van der Waals surface area contributed by atoms with Gasteiger partial charge in [-0.15, -0.1) is 0 Å². The van der Waals surface area contributed by atoms with E-state index in [2.05, 4.69) is 0 Å². The van der Waals surface area contributed by atoms with Crippen LogP contribution in [0.25, 0.3) is 0 Å². The Labute approximate surface area is 130 Å². The molecule has 1 aliphatic rings. The summed E-state index contributed by atoms with van der Waals surface area (Å²) in [6.07, 6.45) is -15.0. The fourth-order valence-corrected chi connectivity index (χ4v) is 1.69. The maximum atomic E-state index is 13.5. The van der Waals surface area contributed by atoms with Crippen LogP contribution < -0.4 is 0 Å². The van der Waals surface area contributed by atoms with E-state index in [1.165, 1.54) is 0 Å². The Morgan fingerprint density at radius 1 is 0.731 bits per heavy atom.